The molecule has 0 aliphatic rings. The third-order valence-electron chi connectivity index (χ3n) is 22.2. The van der Waals surface area contributed by atoms with Gasteiger partial charge in [-0.05, 0) is 134 Å². The molecule has 0 radical (unpaired) electrons. The van der Waals surface area contributed by atoms with Crippen molar-refractivity contribution in [2.45, 2.75) is 13.8 Å². The highest BCUT2D eigenvalue weighted by molar-refractivity contribution is 6.11. The van der Waals surface area contributed by atoms with Crippen LogP contribution in [0.4, 0.5) is 0 Å². The van der Waals surface area contributed by atoms with Crippen LogP contribution in [-0.4, -0.2) is 44.9 Å². The first-order chi connectivity index (χ1) is 59.2. The van der Waals surface area contributed by atoms with Crippen molar-refractivity contribution in [3.05, 3.63) is 430 Å². The summed E-state index contributed by atoms with van der Waals surface area (Å²) in [6.45, 7) is 4.07. The Hall–Kier alpha value is -16.0. The molecule has 0 N–H and O–H groups in total. The lowest BCUT2D eigenvalue weighted by atomic mass is 9.94. The highest BCUT2D eigenvalue weighted by Crippen LogP contribution is 2.41. The average molecular weight is 1530 g/mol. The number of benzene rings is 15. The molecular weight excluding hydrogens is 1460 g/mol. The lowest BCUT2D eigenvalue weighted by molar-refractivity contribution is 1.07. The van der Waals surface area contributed by atoms with E-state index in [4.69, 9.17) is 44.9 Å². The Kier molecular flexibility index (Phi) is 19.7. The molecule has 9 nitrogen and oxygen atoms in total. The number of pyridine rings is 4. The maximum atomic E-state index is 5.36. The second-order valence-electron chi connectivity index (χ2n) is 30.1. The topological polar surface area (TPSA) is 116 Å². The maximum absolute atomic E-state index is 5.36. The zero-order valence-corrected chi connectivity index (χ0v) is 65.9. The Morgan fingerprint density at radius 1 is 0.142 bits per heavy atom. The smallest absolute Gasteiger partial charge is 0.164 e. The van der Waals surface area contributed by atoms with Gasteiger partial charge >= 0.3 is 0 Å². The van der Waals surface area contributed by atoms with Crippen molar-refractivity contribution in [2.24, 2.45) is 0 Å². The molecule has 0 saturated heterocycles. The van der Waals surface area contributed by atoms with Crippen molar-refractivity contribution in [1.29, 1.82) is 0 Å². The van der Waals surface area contributed by atoms with Crippen molar-refractivity contribution >= 4 is 43.6 Å². The van der Waals surface area contributed by atoms with Gasteiger partial charge in [-0.15, -0.1) is 0 Å². The first-order valence-electron chi connectivity index (χ1n) is 40.4. The Morgan fingerprint density at radius 3 is 0.758 bits per heavy atom. The number of hydrogen-bond acceptors (Lipinski definition) is 9. The van der Waals surface area contributed by atoms with Crippen molar-refractivity contribution in [1.82, 2.24) is 44.9 Å². The van der Waals surface area contributed by atoms with E-state index in [2.05, 4.69) is 358 Å². The summed E-state index contributed by atoms with van der Waals surface area (Å²) >= 11 is 0. The molecule has 0 saturated carbocycles. The molecule has 0 spiro atoms. The standard InChI is InChI=1S/C59H40N4.C52H35N5/c1-39-20-21-48-34-35-52-53(45-28-22-42(23-29-45)40-12-5-2-6-13-40)37-54(61-58(52)57(48)60-39)51-19-11-18-50(36-51)44-26-32-49(33-27-44)59-62-55(46-16-9-4-10-17-46)38-56(63-59)47-30-24-43(25-31-47)41-14-7-3-8-15-41;1-34-20-21-39-30-31-45-46(38-14-7-3-8-15-38)33-47(54-49(45)48(39)53-34)44-19-11-18-43(32-44)37-24-28-42(29-25-37)52-56-50(40-16-9-4-10-17-40)55-51(57-52)41-26-22-36(23-27-41)35-12-5-2-6-13-35/h2-38H,1H3;2-33H,1H3. The normalized spacial score (nSPS) is 11.2. The van der Waals surface area contributed by atoms with E-state index in [1.165, 1.54) is 27.8 Å². The maximum Gasteiger partial charge on any atom is 0.164 e. The molecule has 6 aromatic heterocycles. The molecule has 0 amide bonds. The predicted molar refractivity (Wildman–Crippen MR) is 494 cm³/mol. The minimum Gasteiger partial charge on any atom is -0.251 e. The molecule has 0 aliphatic heterocycles. The van der Waals surface area contributed by atoms with Crippen molar-refractivity contribution in [3.63, 3.8) is 0 Å². The number of aryl methyl sites for hydroxylation is 2. The minimum atomic E-state index is 0.621. The summed E-state index contributed by atoms with van der Waals surface area (Å²) in [5, 5.41) is 4.31. The van der Waals surface area contributed by atoms with Crippen LogP contribution in [0.2, 0.25) is 0 Å². The van der Waals surface area contributed by atoms with E-state index in [9.17, 15) is 0 Å². The number of aromatic nitrogens is 9. The van der Waals surface area contributed by atoms with Crippen molar-refractivity contribution < 1.29 is 0 Å². The third-order valence-corrected chi connectivity index (χ3v) is 22.2. The monoisotopic (exact) mass is 1530 g/mol. The van der Waals surface area contributed by atoms with E-state index in [0.29, 0.717) is 23.3 Å². The summed E-state index contributed by atoms with van der Waals surface area (Å²) in [7, 11) is 0. The Balaban J connectivity index is 0.000000154. The van der Waals surface area contributed by atoms with Gasteiger partial charge in [0.1, 0.15) is 0 Å². The highest BCUT2D eigenvalue weighted by atomic mass is 15.0. The first-order valence-corrected chi connectivity index (χ1v) is 40.4. The van der Waals surface area contributed by atoms with Crippen molar-refractivity contribution in [2.75, 3.05) is 0 Å². The van der Waals surface area contributed by atoms with Crippen LogP contribution in [-0.2, 0) is 0 Å². The second-order valence-corrected chi connectivity index (χ2v) is 30.1. The Morgan fingerprint density at radius 2 is 0.383 bits per heavy atom. The summed E-state index contributed by atoms with van der Waals surface area (Å²) in [4.78, 5) is 45.8. The largest absolute Gasteiger partial charge is 0.251 e. The fourth-order valence-electron chi connectivity index (χ4n) is 15.9. The molecule has 0 unspecified atom stereocenters. The first kappa shape index (κ1) is 73.0. The lowest BCUT2D eigenvalue weighted by Gasteiger charge is -2.14. The lowest BCUT2D eigenvalue weighted by Crippen LogP contribution is -2.00. The van der Waals surface area contributed by atoms with Crippen LogP contribution in [0.15, 0.2) is 419 Å². The molecule has 120 heavy (non-hydrogen) atoms. The number of nitrogens with zero attached hydrogens (tertiary/aromatic N) is 9. The molecule has 0 atom stereocenters. The van der Waals surface area contributed by atoms with E-state index < -0.39 is 0 Å². The van der Waals surface area contributed by atoms with Crippen LogP contribution in [0.3, 0.4) is 0 Å². The second kappa shape index (κ2) is 32.4. The van der Waals surface area contributed by atoms with Gasteiger partial charge in [0, 0.05) is 77.4 Å². The zero-order chi connectivity index (χ0) is 80.2. The van der Waals surface area contributed by atoms with Crippen LogP contribution in [0.1, 0.15) is 11.4 Å². The molecule has 21 aromatic rings. The summed E-state index contributed by atoms with van der Waals surface area (Å²) in [6.07, 6.45) is 0. The van der Waals surface area contributed by atoms with Gasteiger partial charge in [0.05, 0.1) is 44.8 Å². The van der Waals surface area contributed by atoms with Crippen LogP contribution >= 0.6 is 0 Å². The van der Waals surface area contributed by atoms with Gasteiger partial charge in [-0.3, -0.25) is 9.97 Å². The average Bonchev–Trinajstić information content (AvgIpc) is 0.754. The summed E-state index contributed by atoms with van der Waals surface area (Å²) in [5.41, 5.74) is 33.0. The molecule has 564 valence electrons. The van der Waals surface area contributed by atoms with Crippen molar-refractivity contribution in [3.8, 4) is 168 Å². The summed E-state index contributed by atoms with van der Waals surface area (Å²) in [6, 6.07) is 146. The van der Waals surface area contributed by atoms with Crippen LogP contribution in [0.5, 0.6) is 0 Å². The zero-order valence-electron chi connectivity index (χ0n) is 65.9. The number of rotatable bonds is 15. The Bertz CT molecular complexity index is 7320. The number of hydrogen-bond donors (Lipinski definition) is 0. The quantitative estimate of drug-likeness (QED) is 0.0925. The van der Waals surface area contributed by atoms with Gasteiger partial charge < -0.3 is 0 Å². The molecule has 15 aromatic carbocycles. The summed E-state index contributed by atoms with van der Waals surface area (Å²) in [5.74, 6) is 2.57. The molecule has 6 heterocycles. The molecule has 0 fully saturated rings. The van der Waals surface area contributed by atoms with E-state index in [1.807, 2.05) is 74.5 Å². The molecule has 0 bridgehead atoms. The molecule has 9 heteroatoms. The van der Waals surface area contributed by atoms with Gasteiger partial charge in [-0.2, -0.15) is 0 Å². The minimum absolute atomic E-state index is 0.621. The number of fused-ring (bicyclic) bond motifs is 6. The highest BCUT2D eigenvalue weighted by Gasteiger charge is 2.20. The fourth-order valence-corrected chi connectivity index (χ4v) is 15.9. The van der Waals surface area contributed by atoms with Gasteiger partial charge in [0.15, 0.2) is 23.3 Å². The molecular formula is C111H75N9. The van der Waals surface area contributed by atoms with Gasteiger partial charge in [-0.1, -0.05) is 376 Å². The summed E-state index contributed by atoms with van der Waals surface area (Å²) < 4.78 is 0. The van der Waals surface area contributed by atoms with E-state index in [0.717, 1.165) is 172 Å². The van der Waals surface area contributed by atoms with Crippen LogP contribution in [0.25, 0.3) is 212 Å². The van der Waals surface area contributed by atoms with Crippen LogP contribution in [0, 0.1) is 13.8 Å². The molecule has 0 aliphatic carbocycles. The SMILES string of the molecule is Cc1ccc2ccc3c(-c4ccc(-c5ccccc5)cc4)cc(-c4cccc(-c5ccc(-c6nc(-c7ccccc7)cc(-c7ccc(-c8ccccc8)cc7)n6)cc5)c4)nc3c2n1.Cc1ccc2ccc3c(-c4ccccc4)cc(-c4cccc(-c5ccc(-c6nc(-c7ccccc7)nc(-c7ccc(-c8ccccc8)cc7)n6)cc5)c4)nc3c2n1. The van der Waals surface area contributed by atoms with E-state index in [1.54, 1.807) is 0 Å². The van der Waals surface area contributed by atoms with Gasteiger partial charge in [0.2, 0.25) is 0 Å². The predicted octanol–water partition coefficient (Wildman–Crippen LogP) is 28.2. The molecule has 21 rings (SSSR count). The van der Waals surface area contributed by atoms with Gasteiger partial charge in [0.25, 0.3) is 0 Å². The Labute approximate surface area is 696 Å². The fraction of sp³-hybridized carbons (Fsp3) is 0.0180. The third kappa shape index (κ3) is 15.2. The van der Waals surface area contributed by atoms with Gasteiger partial charge in [-0.25, -0.2) is 34.9 Å². The van der Waals surface area contributed by atoms with E-state index in [-0.39, 0.29) is 0 Å². The van der Waals surface area contributed by atoms with E-state index >= 15 is 0 Å². The van der Waals surface area contributed by atoms with Crippen LogP contribution < -0.4 is 0 Å².